The Bertz CT molecular complexity index is 1560. The van der Waals surface area contributed by atoms with Crippen LogP contribution in [0.1, 0.15) is 173 Å². The number of esters is 2. The van der Waals surface area contributed by atoms with E-state index in [0.717, 1.165) is 38.5 Å². The lowest BCUT2D eigenvalue weighted by molar-refractivity contribution is -0.221. The predicted molar refractivity (Wildman–Crippen MR) is 216 cm³/mol. The Balaban J connectivity index is 1.29. The number of aliphatic hydroxyl groups excluding tert-OH is 2. The third-order valence-electron chi connectivity index (χ3n) is 16.5. The number of carbonyl (C=O) groups excluding carboxylic acids is 3. The zero-order chi connectivity index (χ0) is 42.6. The fourth-order valence-electron chi connectivity index (χ4n) is 14.2. The molecule has 1 aliphatic heterocycles. The predicted octanol–water partition coefficient (Wildman–Crippen LogP) is 7.78. The standard InChI is InChI=1S/C46H77NO10/c1-38(2,3)56-33(50)17-15-14-16-27(47-37(52)57-39(4,5)6)36(51)54-29-24-30-43(12)25-28(48)34(44(13)20-19-32(55-44)41(9,10)53)42(43,11)22-23-45(30)26-46(45)21-18-31(49)40(7,8)35(29)46/h27-32,34-35,48-49,53H,14-26H2,1-13H3,(H,47,52)/t27-,28-,29-,30?,31-,32-,34-,35-,42+,43-,44+,45?,46+/m0/s1. The van der Waals surface area contributed by atoms with Crippen LogP contribution in [0.4, 0.5) is 4.79 Å². The number of amides is 1. The molecule has 6 aliphatic rings. The molecular formula is C46H77NO10. The van der Waals surface area contributed by atoms with E-state index in [-0.39, 0.29) is 64.3 Å². The van der Waals surface area contributed by atoms with Crippen molar-refractivity contribution in [2.45, 2.75) is 226 Å². The molecule has 326 valence electrons. The van der Waals surface area contributed by atoms with Gasteiger partial charge in [-0.05, 0) is 166 Å². The summed E-state index contributed by atoms with van der Waals surface area (Å²) in [5.74, 6) is -0.884. The Morgan fingerprint density at radius 2 is 1.46 bits per heavy atom. The van der Waals surface area contributed by atoms with Crippen molar-refractivity contribution in [3.05, 3.63) is 0 Å². The van der Waals surface area contributed by atoms with Crippen LogP contribution in [0, 0.1) is 44.8 Å². The lowest BCUT2D eigenvalue weighted by Gasteiger charge is -2.64. The van der Waals surface area contributed by atoms with E-state index in [2.05, 4.69) is 39.9 Å². The van der Waals surface area contributed by atoms with Gasteiger partial charge in [0.25, 0.3) is 0 Å². The van der Waals surface area contributed by atoms with Crippen molar-refractivity contribution in [3.63, 3.8) is 0 Å². The van der Waals surface area contributed by atoms with E-state index in [0.29, 0.717) is 32.1 Å². The highest BCUT2D eigenvalue weighted by Crippen LogP contribution is 2.89. The Morgan fingerprint density at radius 1 is 0.807 bits per heavy atom. The first-order valence-corrected chi connectivity index (χ1v) is 22.1. The number of hydrogen-bond acceptors (Lipinski definition) is 10. The zero-order valence-electron chi connectivity index (χ0n) is 37.5. The van der Waals surface area contributed by atoms with Crippen LogP contribution >= 0.6 is 0 Å². The second-order valence-corrected chi connectivity index (χ2v) is 23.3. The molecule has 57 heavy (non-hydrogen) atoms. The van der Waals surface area contributed by atoms with E-state index in [9.17, 15) is 29.7 Å². The van der Waals surface area contributed by atoms with Gasteiger partial charge in [0.1, 0.15) is 23.3 Å². The second kappa shape index (κ2) is 14.3. The Morgan fingerprint density at radius 3 is 2.05 bits per heavy atom. The molecule has 13 atom stereocenters. The highest BCUT2D eigenvalue weighted by molar-refractivity contribution is 5.81. The van der Waals surface area contributed by atoms with Crippen molar-refractivity contribution < 1.29 is 48.7 Å². The maximum absolute atomic E-state index is 14.6. The zero-order valence-corrected chi connectivity index (χ0v) is 37.5. The van der Waals surface area contributed by atoms with Gasteiger partial charge in [0.2, 0.25) is 0 Å². The summed E-state index contributed by atoms with van der Waals surface area (Å²) < 4.78 is 24.6. The van der Waals surface area contributed by atoms with E-state index in [1.54, 1.807) is 34.6 Å². The average molecular weight is 804 g/mol. The number of nitrogens with one attached hydrogen (secondary N) is 1. The van der Waals surface area contributed by atoms with Gasteiger partial charge in [0.05, 0.1) is 29.5 Å². The van der Waals surface area contributed by atoms with Gasteiger partial charge in [-0.1, -0.05) is 34.1 Å². The first-order chi connectivity index (χ1) is 25.9. The maximum Gasteiger partial charge on any atom is 0.408 e. The minimum absolute atomic E-state index is 0.0176. The third kappa shape index (κ3) is 7.68. The van der Waals surface area contributed by atoms with Crippen LogP contribution in [-0.2, 0) is 28.5 Å². The largest absolute Gasteiger partial charge is 0.460 e. The Labute approximate surface area is 342 Å². The molecule has 0 radical (unpaired) electrons. The second-order valence-electron chi connectivity index (χ2n) is 23.3. The molecule has 0 aromatic rings. The van der Waals surface area contributed by atoms with Gasteiger partial charge in [-0.3, -0.25) is 4.79 Å². The third-order valence-corrected chi connectivity index (χ3v) is 16.5. The molecule has 6 fully saturated rings. The number of alkyl carbamates (subject to hydrolysis) is 1. The van der Waals surface area contributed by atoms with Crippen LogP contribution in [0.15, 0.2) is 0 Å². The molecule has 1 saturated heterocycles. The number of unbranched alkanes of at least 4 members (excludes halogenated alkanes) is 1. The molecule has 5 saturated carbocycles. The van der Waals surface area contributed by atoms with E-state index < -0.39 is 64.2 Å². The summed E-state index contributed by atoms with van der Waals surface area (Å²) in [6.07, 6.45) is 6.07. The summed E-state index contributed by atoms with van der Waals surface area (Å²) in [7, 11) is 0. The molecule has 0 aromatic carbocycles. The van der Waals surface area contributed by atoms with E-state index in [4.69, 9.17) is 18.9 Å². The Kier molecular flexibility index (Phi) is 11.2. The summed E-state index contributed by atoms with van der Waals surface area (Å²) in [5.41, 5.74) is -4.11. The van der Waals surface area contributed by atoms with Gasteiger partial charge >= 0.3 is 18.0 Å². The van der Waals surface area contributed by atoms with Gasteiger partial charge in [-0.25, -0.2) is 9.59 Å². The van der Waals surface area contributed by atoms with E-state index >= 15 is 0 Å². The normalized spacial score (nSPS) is 42.8. The van der Waals surface area contributed by atoms with Crippen LogP contribution in [0.5, 0.6) is 0 Å². The first-order valence-electron chi connectivity index (χ1n) is 22.1. The lowest BCUT2D eigenvalue weighted by Crippen LogP contribution is -2.63. The van der Waals surface area contributed by atoms with E-state index in [1.807, 2.05) is 20.8 Å². The molecule has 11 nitrogen and oxygen atoms in total. The number of ether oxygens (including phenoxy) is 4. The maximum atomic E-state index is 14.6. The van der Waals surface area contributed by atoms with Crippen LogP contribution in [-0.4, -0.2) is 86.2 Å². The number of aliphatic hydroxyl groups is 3. The molecule has 1 heterocycles. The molecule has 0 aromatic heterocycles. The molecule has 2 spiro atoms. The number of fused-ring (bicyclic) bond motifs is 2. The molecule has 4 N–H and O–H groups in total. The van der Waals surface area contributed by atoms with Crippen LogP contribution in [0.3, 0.4) is 0 Å². The smallest absolute Gasteiger partial charge is 0.408 e. The SMILES string of the molecule is CC(C)(C)OC(=O)CCCC[C@H](NC(=O)OC(C)(C)C)C(=O)O[C@H]1CC2C3(CC[C@]4(C)[C@@H]([C@@]5(C)CC[C@@H](C(C)(C)O)O5)[C@@H](O)C[C@@]24C)C[C@@]32CC[C@H](O)C(C)(C)[C@H]12. The molecule has 5 aliphatic carbocycles. The van der Waals surface area contributed by atoms with Gasteiger partial charge in [-0.15, -0.1) is 0 Å². The first kappa shape index (κ1) is 44.6. The van der Waals surface area contributed by atoms with Crippen LogP contribution in [0.25, 0.3) is 0 Å². The Hall–Kier alpha value is -1.95. The van der Waals surface area contributed by atoms with Gasteiger partial charge in [0.15, 0.2) is 0 Å². The minimum Gasteiger partial charge on any atom is -0.460 e. The van der Waals surface area contributed by atoms with Crippen molar-refractivity contribution in [1.82, 2.24) is 5.32 Å². The van der Waals surface area contributed by atoms with Crippen molar-refractivity contribution in [2.24, 2.45) is 44.8 Å². The monoisotopic (exact) mass is 804 g/mol. The number of carbonyl (C=O) groups is 3. The van der Waals surface area contributed by atoms with Gasteiger partial charge in [0, 0.05) is 18.3 Å². The summed E-state index contributed by atoms with van der Waals surface area (Å²) >= 11 is 0. The molecule has 1 amide bonds. The topological polar surface area (TPSA) is 161 Å². The van der Waals surface area contributed by atoms with Crippen molar-refractivity contribution in [1.29, 1.82) is 0 Å². The summed E-state index contributed by atoms with van der Waals surface area (Å²) in [4.78, 5) is 40.2. The highest BCUT2D eigenvalue weighted by atomic mass is 16.6. The van der Waals surface area contributed by atoms with Gasteiger partial charge in [-0.2, -0.15) is 0 Å². The molecule has 2 unspecified atom stereocenters. The summed E-state index contributed by atoms with van der Waals surface area (Å²) in [6.45, 7) is 25.5. The van der Waals surface area contributed by atoms with E-state index in [1.165, 1.54) is 0 Å². The minimum atomic E-state index is -0.995. The quantitative estimate of drug-likeness (QED) is 0.0976. The van der Waals surface area contributed by atoms with Crippen molar-refractivity contribution >= 4 is 18.0 Å². The van der Waals surface area contributed by atoms with Crippen LogP contribution < -0.4 is 5.32 Å². The fourth-order valence-corrected chi connectivity index (χ4v) is 14.2. The highest BCUT2D eigenvalue weighted by Gasteiger charge is 2.85. The molecule has 6 rings (SSSR count). The number of hydrogen-bond donors (Lipinski definition) is 4. The lowest BCUT2D eigenvalue weighted by atomic mass is 9.41. The van der Waals surface area contributed by atoms with Crippen LogP contribution in [0.2, 0.25) is 0 Å². The van der Waals surface area contributed by atoms with Crippen molar-refractivity contribution in [2.75, 3.05) is 0 Å². The summed E-state index contributed by atoms with van der Waals surface area (Å²) in [6, 6.07) is -0.995. The molecular weight excluding hydrogens is 727 g/mol. The fraction of sp³-hybridized carbons (Fsp3) is 0.935. The van der Waals surface area contributed by atoms with Gasteiger partial charge < -0.3 is 39.6 Å². The molecule has 0 bridgehead atoms. The van der Waals surface area contributed by atoms with Crippen molar-refractivity contribution in [3.8, 4) is 0 Å². The number of rotatable bonds is 10. The average Bonchev–Trinajstić information content (AvgIpc) is 3.40. The summed E-state index contributed by atoms with van der Waals surface area (Å²) in [5, 5.41) is 37.5. The molecule has 11 heteroatoms.